The van der Waals surface area contributed by atoms with Gasteiger partial charge >= 0.3 is 5.97 Å². The summed E-state index contributed by atoms with van der Waals surface area (Å²) >= 11 is 0. The van der Waals surface area contributed by atoms with E-state index in [1.807, 2.05) is 84.9 Å². The Balaban J connectivity index is 1.86. The van der Waals surface area contributed by atoms with Gasteiger partial charge in [0.25, 0.3) is 0 Å². The molecule has 4 rings (SSSR count). The second-order valence-corrected chi connectivity index (χ2v) is 8.99. The van der Waals surface area contributed by atoms with Crippen LogP contribution in [0.4, 0.5) is 0 Å². The largest absolute Gasteiger partial charge is 0.467 e. The van der Waals surface area contributed by atoms with Crippen LogP contribution in [0.2, 0.25) is 0 Å². The highest BCUT2D eigenvalue weighted by Crippen LogP contribution is 2.37. The van der Waals surface area contributed by atoms with Crippen molar-refractivity contribution in [1.82, 2.24) is 10.6 Å². The van der Waals surface area contributed by atoms with E-state index in [-0.39, 0.29) is 5.91 Å². The van der Waals surface area contributed by atoms with Gasteiger partial charge in [-0.15, -0.1) is 0 Å². The Bertz CT molecular complexity index is 1180. The van der Waals surface area contributed by atoms with Crippen molar-refractivity contribution < 1.29 is 14.3 Å². The monoisotopic (exact) mass is 492 g/mol. The number of hydrogen-bond donors (Lipinski definition) is 2. The summed E-state index contributed by atoms with van der Waals surface area (Å²) in [7, 11) is 1.32. The van der Waals surface area contributed by atoms with Gasteiger partial charge < -0.3 is 10.1 Å². The van der Waals surface area contributed by atoms with Crippen LogP contribution in [0.3, 0.4) is 0 Å². The standard InChI is InChI=1S/C32H32N2O3/c1-24(31(36)37-2)33-30(35)29(23-25-15-7-3-8-16-25)34-32(26-17-9-4-10-18-26,27-19-11-5-12-20-27)28-21-13-6-14-22-28/h3-22,24,29,34H,23H2,1-2H3,(H,33,35)/t24-,29-/m0/s1. The Hall–Kier alpha value is -4.22. The third-order valence-electron chi connectivity index (χ3n) is 6.52. The fraction of sp³-hybridized carbons (Fsp3) is 0.188. The van der Waals surface area contributed by atoms with Crippen molar-refractivity contribution in [2.75, 3.05) is 7.11 Å². The summed E-state index contributed by atoms with van der Waals surface area (Å²) in [5, 5.41) is 6.61. The van der Waals surface area contributed by atoms with Gasteiger partial charge in [-0.3, -0.25) is 10.1 Å². The molecule has 5 nitrogen and oxygen atoms in total. The highest BCUT2D eigenvalue weighted by Gasteiger charge is 2.40. The smallest absolute Gasteiger partial charge is 0.328 e. The van der Waals surface area contributed by atoms with Gasteiger partial charge in [0.15, 0.2) is 0 Å². The summed E-state index contributed by atoms with van der Waals surface area (Å²) < 4.78 is 4.85. The number of carbonyl (C=O) groups is 2. The van der Waals surface area contributed by atoms with Crippen LogP contribution in [0, 0.1) is 0 Å². The van der Waals surface area contributed by atoms with Crippen LogP contribution in [0.15, 0.2) is 121 Å². The molecule has 2 atom stereocenters. The fourth-order valence-corrected chi connectivity index (χ4v) is 4.68. The molecule has 0 heterocycles. The van der Waals surface area contributed by atoms with E-state index in [0.29, 0.717) is 6.42 Å². The van der Waals surface area contributed by atoms with Crippen LogP contribution in [-0.2, 0) is 26.3 Å². The van der Waals surface area contributed by atoms with E-state index in [1.165, 1.54) is 7.11 Å². The van der Waals surface area contributed by atoms with E-state index in [1.54, 1.807) is 6.92 Å². The number of nitrogens with one attached hydrogen (secondary N) is 2. The zero-order valence-corrected chi connectivity index (χ0v) is 21.1. The van der Waals surface area contributed by atoms with Crippen LogP contribution in [0.5, 0.6) is 0 Å². The molecule has 0 unspecified atom stereocenters. The molecule has 0 aliphatic rings. The lowest BCUT2D eigenvalue weighted by atomic mass is 9.76. The van der Waals surface area contributed by atoms with Gasteiger partial charge in [-0.25, -0.2) is 4.79 Å². The minimum atomic E-state index is -0.838. The molecule has 0 aliphatic carbocycles. The summed E-state index contributed by atoms with van der Waals surface area (Å²) in [6.07, 6.45) is 0.425. The highest BCUT2D eigenvalue weighted by atomic mass is 16.5. The number of esters is 1. The van der Waals surface area contributed by atoms with Gasteiger partial charge in [-0.05, 0) is 35.6 Å². The summed E-state index contributed by atoms with van der Waals surface area (Å²) in [6.45, 7) is 1.63. The molecule has 1 amide bonds. The normalized spacial score (nSPS) is 12.8. The second kappa shape index (κ2) is 12.2. The lowest BCUT2D eigenvalue weighted by molar-refractivity contribution is -0.144. The van der Waals surface area contributed by atoms with Crippen LogP contribution in [-0.4, -0.2) is 31.1 Å². The summed E-state index contributed by atoms with van der Waals surface area (Å²) in [5.41, 5.74) is 3.16. The molecule has 2 N–H and O–H groups in total. The molecular formula is C32H32N2O3. The molecule has 0 bridgehead atoms. The van der Waals surface area contributed by atoms with Gasteiger partial charge in [-0.2, -0.15) is 0 Å². The third kappa shape index (κ3) is 5.96. The quantitative estimate of drug-likeness (QED) is 0.245. The zero-order chi connectivity index (χ0) is 26.1. The van der Waals surface area contributed by atoms with Gasteiger partial charge in [0.1, 0.15) is 6.04 Å². The Labute approximate surface area is 218 Å². The summed E-state index contributed by atoms with van der Waals surface area (Å²) in [5.74, 6) is -0.777. The van der Waals surface area contributed by atoms with Crippen molar-refractivity contribution in [3.05, 3.63) is 144 Å². The van der Waals surface area contributed by atoms with Gasteiger partial charge in [-0.1, -0.05) is 121 Å². The van der Waals surface area contributed by atoms with E-state index in [0.717, 1.165) is 22.3 Å². The lowest BCUT2D eigenvalue weighted by Gasteiger charge is -2.40. The summed E-state index contributed by atoms with van der Waals surface area (Å²) in [4.78, 5) is 25.9. The number of carbonyl (C=O) groups excluding carboxylic acids is 2. The molecule has 0 spiro atoms. The van der Waals surface area contributed by atoms with Crippen LogP contribution >= 0.6 is 0 Å². The van der Waals surface area contributed by atoms with Crippen LogP contribution in [0.25, 0.3) is 0 Å². The number of amides is 1. The van der Waals surface area contributed by atoms with E-state index in [2.05, 4.69) is 47.0 Å². The molecule has 0 saturated heterocycles. The molecule has 0 aromatic heterocycles. The van der Waals surface area contributed by atoms with Crippen LogP contribution < -0.4 is 10.6 Å². The number of benzene rings is 4. The number of methoxy groups -OCH3 is 1. The van der Waals surface area contributed by atoms with Crippen LogP contribution in [0.1, 0.15) is 29.2 Å². The van der Waals surface area contributed by atoms with Crippen molar-refractivity contribution in [3.8, 4) is 0 Å². The van der Waals surface area contributed by atoms with Crippen molar-refractivity contribution >= 4 is 11.9 Å². The number of ether oxygens (including phenoxy) is 1. The number of rotatable bonds is 10. The zero-order valence-electron chi connectivity index (χ0n) is 21.1. The average Bonchev–Trinajstić information content (AvgIpc) is 2.96. The molecular weight excluding hydrogens is 460 g/mol. The maximum atomic E-state index is 13.8. The van der Waals surface area contributed by atoms with Crippen molar-refractivity contribution in [3.63, 3.8) is 0 Å². The molecule has 4 aromatic carbocycles. The first-order chi connectivity index (χ1) is 18.0. The molecule has 5 heteroatoms. The predicted molar refractivity (Wildman–Crippen MR) is 146 cm³/mol. The Kier molecular flexibility index (Phi) is 8.49. The van der Waals surface area contributed by atoms with E-state index >= 15 is 0 Å². The minimum Gasteiger partial charge on any atom is -0.467 e. The molecule has 0 aliphatic heterocycles. The van der Waals surface area contributed by atoms with Gasteiger partial charge in [0, 0.05) is 0 Å². The first-order valence-corrected chi connectivity index (χ1v) is 12.4. The fourth-order valence-electron chi connectivity index (χ4n) is 4.68. The average molecular weight is 493 g/mol. The highest BCUT2D eigenvalue weighted by molar-refractivity contribution is 5.87. The first-order valence-electron chi connectivity index (χ1n) is 12.4. The molecule has 0 fully saturated rings. The van der Waals surface area contributed by atoms with Crippen molar-refractivity contribution in [2.24, 2.45) is 0 Å². The van der Waals surface area contributed by atoms with Gasteiger partial charge in [0.2, 0.25) is 5.91 Å². The van der Waals surface area contributed by atoms with Gasteiger partial charge in [0.05, 0.1) is 18.7 Å². The Morgan fingerprint density at radius 3 is 1.51 bits per heavy atom. The maximum absolute atomic E-state index is 13.8. The molecule has 0 radical (unpaired) electrons. The minimum absolute atomic E-state index is 0.283. The Morgan fingerprint density at radius 1 is 0.703 bits per heavy atom. The molecule has 188 valence electrons. The third-order valence-corrected chi connectivity index (χ3v) is 6.52. The SMILES string of the molecule is COC(=O)[C@H](C)NC(=O)[C@H](Cc1ccccc1)NC(c1ccccc1)(c1ccccc1)c1ccccc1. The number of hydrogen-bond acceptors (Lipinski definition) is 4. The molecule has 0 saturated carbocycles. The predicted octanol–water partition coefficient (Wildman–Crippen LogP) is 4.86. The van der Waals surface area contributed by atoms with E-state index in [9.17, 15) is 9.59 Å². The Morgan fingerprint density at radius 2 is 1.11 bits per heavy atom. The molecule has 4 aromatic rings. The summed E-state index contributed by atoms with van der Waals surface area (Å²) in [6, 6.07) is 38.8. The second-order valence-electron chi connectivity index (χ2n) is 8.99. The first kappa shape index (κ1) is 25.9. The lowest BCUT2D eigenvalue weighted by Crippen LogP contribution is -2.57. The van der Waals surface area contributed by atoms with E-state index < -0.39 is 23.6 Å². The molecule has 37 heavy (non-hydrogen) atoms. The topological polar surface area (TPSA) is 67.4 Å². The van der Waals surface area contributed by atoms with Crippen molar-refractivity contribution in [1.29, 1.82) is 0 Å². The maximum Gasteiger partial charge on any atom is 0.328 e. The van der Waals surface area contributed by atoms with E-state index in [4.69, 9.17) is 4.74 Å². The van der Waals surface area contributed by atoms with Crippen molar-refractivity contribution in [2.45, 2.75) is 31.0 Å².